The van der Waals surface area contributed by atoms with Gasteiger partial charge in [0.25, 0.3) is 0 Å². The van der Waals surface area contributed by atoms with Crippen molar-refractivity contribution in [2.75, 3.05) is 0 Å². The van der Waals surface area contributed by atoms with Crippen molar-refractivity contribution in [2.24, 2.45) is 7.05 Å². The number of aryl methyl sites for hydroxylation is 1. The van der Waals surface area contributed by atoms with Crippen LogP contribution in [0.25, 0.3) is 17.0 Å². The van der Waals surface area contributed by atoms with Crippen molar-refractivity contribution in [3.63, 3.8) is 0 Å². The van der Waals surface area contributed by atoms with E-state index >= 15 is 0 Å². The molecule has 1 aromatic heterocycles. The maximum atomic E-state index is 10.6. The Balaban J connectivity index is 1.91. The van der Waals surface area contributed by atoms with E-state index in [1.807, 2.05) is 25.4 Å². The van der Waals surface area contributed by atoms with Crippen LogP contribution in [0.2, 0.25) is 10.0 Å². The maximum absolute atomic E-state index is 10.6. The van der Waals surface area contributed by atoms with E-state index in [0.29, 0.717) is 15.6 Å². The average Bonchev–Trinajstić information content (AvgIpc) is 2.92. The number of halogens is 2. The summed E-state index contributed by atoms with van der Waals surface area (Å²) in [6.45, 7) is 0. The minimum atomic E-state index is -1.03. The first kappa shape index (κ1) is 17.0. The van der Waals surface area contributed by atoms with Gasteiger partial charge in [-0.2, -0.15) is 0 Å². The van der Waals surface area contributed by atoms with Crippen molar-refractivity contribution in [3.8, 4) is 0 Å². The molecule has 0 aliphatic carbocycles. The summed E-state index contributed by atoms with van der Waals surface area (Å²) in [5.74, 6) is -1.03. The largest absolute Gasteiger partial charge is 0.478 e. The van der Waals surface area contributed by atoms with E-state index in [1.165, 1.54) is 17.8 Å². The van der Waals surface area contributed by atoms with Crippen LogP contribution in [0, 0.1) is 0 Å². The number of carboxylic acid groups (broad SMARTS) is 1. The lowest BCUT2D eigenvalue weighted by Gasteiger charge is -2.08. The first-order valence-electron chi connectivity index (χ1n) is 7.07. The Morgan fingerprint density at radius 2 is 1.96 bits per heavy atom. The number of rotatable bonds is 4. The molecule has 0 fully saturated rings. The van der Waals surface area contributed by atoms with E-state index in [-0.39, 0.29) is 0 Å². The Morgan fingerprint density at radius 1 is 1.17 bits per heavy atom. The summed E-state index contributed by atoms with van der Waals surface area (Å²) in [6.07, 6.45) is 4.49. The van der Waals surface area contributed by atoms with Crippen molar-refractivity contribution in [2.45, 2.75) is 9.79 Å². The number of hydrogen-bond acceptors (Lipinski definition) is 2. The standard InChI is InChI=1S/C18H13Cl2NO2S/c1-21-9-8-12-10-13(4-5-14(12)21)24-15-6-2-11(3-7-16(22)23)17(19)18(15)20/h2-10H,1H3,(H,22,23). The highest BCUT2D eigenvalue weighted by Crippen LogP contribution is 2.39. The molecular formula is C18H13Cl2NO2S. The van der Waals surface area contributed by atoms with Crippen LogP contribution in [0.15, 0.2) is 58.5 Å². The molecule has 0 aliphatic rings. The molecule has 24 heavy (non-hydrogen) atoms. The molecule has 1 N–H and O–H groups in total. The van der Waals surface area contributed by atoms with E-state index in [0.717, 1.165) is 26.8 Å². The third-order valence-corrected chi connectivity index (χ3v) is 5.63. The lowest BCUT2D eigenvalue weighted by Crippen LogP contribution is -1.87. The Kier molecular flexibility index (Phi) is 4.90. The zero-order valence-electron chi connectivity index (χ0n) is 12.7. The Bertz CT molecular complexity index is 963. The lowest BCUT2D eigenvalue weighted by atomic mass is 10.2. The number of aromatic nitrogens is 1. The minimum Gasteiger partial charge on any atom is -0.478 e. The molecule has 0 amide bonds. The van der Waals surface area contributed by atoms with Crippen LogP contribution in [-0.2, 0) is 11.8 Å². The third-order valence-electron chi connectivity index (χ3n) is 3.57. The summed E-state index contributed by atoms with van der Waals surface area (Å²) in [4.78, 5) is 12.5. The second-order valence-electron chi connectivity index (χ2n) is 5.20. The molecule has 2 aromatic carbocycles. The molecule has 0 atom stereocenters. The highest BCUT2D eigenvalue weighted by Gasteiger charge is 2.11. The highest BCUT2D eigenvalue weighted by molar-refractivity contribution is 7.99. The average molecular weight is 378 g/mol. The van der Waals surface area contributed by atoms with E-state index in [4.69, 9.17) is 28.3 Å². The quantitative estimate of drug-likeness (QED) is 0.589. The van der Waals surface area contributed by atoms with Gasteiger partial charge in [0.2, 0.25) is 0 Å². The molecular weight excluding hydrogens is 365 g/mol. The Morgan fingerprint density at radius 3 is 2.71 bits per heavy atom. The van der Waals surface area contributed by atoms with Gasteiger partial charge in [0.15, 0.2) is 0 Å². The van der Waals surface area contributed by atoms with Crippen molar-refractivity contribution >= 4 is 57.9 Å². The van der Waals surface area contributed by atoms with Gasteiger partial charge in [-0.15, -0.1) is 0 Å². The number of nitrogens with zero attached hydrogens (tertiary/aromatic N) is 1. The van der Waals surface area contributed by atoms with Gasteiger partial charge >= 0.3 is 5.97 Å². The number of benzene rings is 2. The second-order valence-corrected chi connectivity index (χ2v) is 7.07. The van der Waals surface area contributed by atoms with E-state index in [2.05, 4.69) is 22.8 Å². The number of carbonyl (C=O) groups is 1. The van der Waals surface area contributed by atoms with Gasteiger partial charge in [-0.1, -0.05) is 41.0 Å². The molecule has 1 heterocycles. The van der Waals surface area contributed by atoms with Crippen LogP contribution in [0.1, 0.15) is 5.56 Å². The molecule has 3 rings (SSSR count). The topological polar surface area (TPSA) is 42.2 Å². The number of carboxylic acids is 1. The summed E-state index contributed by atoms with van der Waals surface area (Å²) >= 11 is 14.1. The van der Waals surface area contributed by atoms with Crippen LogP contribution in [-0.4, -0.2) is 15.6 Å². The molecule has 3 nitrogen and oxygen atoms in total. The van der Waals surface area contributed by atoms with Gasteiger partial charge in [0.1, 0.15) is 0 Å². The molecule has 0 radical (unpaired) electrons. The fourth-order valence-electron chi connectivity index (χ4n) is 2.37. The first-order chi connectivity index (χ1) is 11.5. The van der Waals surface area contributed by atoms with E-state index < -0.39 is 5.97 Å². The van der Waals surface area contributed by atoms with E-state index in [1.54, 1.807) is 6.07 Å². The zero-order valence-corrected chi connectivity index (χ0v) is 15.0. The zero-order chi connectivity index (χ0) is 17.3. The van der Waals surface area contributed by atoms with Gasteiger partial charge in [0.05, 0.1) is 10.0 Å². The number of fused-ring (bicyclic) bond motifs is 1. The van der Waals surface area contributed by atoms with Gasteiger partial charge in [-0.3, -0.25) is 0 Å². The minimum absolute atomic E-state index is 0.347. The molecule has 3 aromatic rings. The predicted molar refractivity (Wildman–Crippen MR) is 100 cm³/mol. The molecule has 0 saturated carbocycles. The molecule has 0 aliphatic heterocycles. The summed E-state index contributed by atoms with van der Waals surface area (Å²) < 4.78 is 2.07. The first-order valence-corrected chi connectivity index (χ1v) is 8.65. The molecule has 0 saturated heterocycles. The molecule has 122 valence electrons. The molecule has 6 heteroatoms. The van der Waals surface area contributed by atoms with Crippen LogP contribution < -0.4 is 0 Å². The van der Waals surface area contributed by atoms with Gasteiger partial charge in [-0.05, 0) is 42.0 Å². The Labute approximate surface area is 153 Å². The van der Waals surface area contributed by atoms with Crippen molar-refractivity contribution in [1.82, 2.24) is 4.57 Å². The maximum Gasteiger partial charge on any atom is 0.328 e. The smallest absolute Gasteiger partial charge is 0.328 e. The van der Waals surface area contributed by atoms with Gasteiger partial charge in [0, 0.05) is 40.0 Å². The fourth-order valence-corrected chi connectivity index (χ4v) is 3.84. The summed E-state index contributed by atoms with van der Waals surface area (Å²) in [7, 11) is 2.01. The van der Waals surface area contributed by atoms with Crippen LogP contribution >= 0.6 is 35.0 Å². The monoisotopic (exact) mass is 377 g/mol. The van der Waals surface area contributed by atoms with Crippen LogP contribution in [0.5, 0.6) is 0 Å². The summed E-state index contributed by atoms with van der Waals surface area (Å²) in [5.41, 5.74) is 1.74. The summed E-state index contributed by atoms with van der Waals surface area (Å²) in [6, 6.07) is 11.9. The lowest BCUT2D eigenvalue weighted by molar-refractivity contribution is -0.131. The molecule has 0 spiro atoms. The van der Waals surface area contributed by atoms with Gasteiger partial charge < -0.3 is 9.67 Å². The highest BCUT2D eigenvalue weighted by atomic mass is 35.5. The number of aliphatic carboxylic acids is 1. The fraction of sp³-hybridized carbons (Fsp3) is 0.0556. The number of hydrogen-bond donors (Lipinski definition) is 1. The van der Waals surface area contributed by atoms with Crippen LogP contribution in [0.3, 0.4) is 0 Å². The normalized spacial score (nSPS) is 11.5. The van der Waals surface area contributed by atoms with E-state index in [9.17, 15) is 4.79 Å². The second kappa shape index (κ2) is 6.93. The predicted octanol–water partition coefficient (Wildman–Crippen LogP) is 5.73. The van der Waals surface area contributed by atoms with Gasteiger partial charge in [-0.25, -0.2) is 4.79 Å². The van der Waals surface area contributed by atoms with Crippen molar-refractivity contribution in [1.29, 1.82) is 0 Å². The molecule has 0 bridgehead atoms. The van der Waals surface area contributed by atoms with Crippen molar-refractivity contribution in [3.05, 3.63) is 64.3 Å². The van der Waals surface area contributed by atoms with Crippen LogP contribution in [0.4, 0.5) is 0 Å². The molecule has 0 unspecified atom stereocenters. The van der Waals surface area contributed by atoms with Crippen molar-refractivity contribution < 1.29 is 9.90 Å². The Hall–Kier alpha value is -1.88. The third kappa shape index (κ3) is 3.46. The SMILES string of the molecule is Cn1ccc2cc(Sc3ccc(C=CC(=O)O)c(Cl)c3Cl)ccc21. The summed E-state index contributed by atoms with van der Waals surface area (Å²) in [5, 5.41) is 10.6.